The first-order chi connectivity index (χ1) is 20.0. The fraction of sp³-hybridized carbons (Fsp3) is 0.613. The summed E-state index contributed by atoms with van der Waals surface area (Å²) < 4.78 is 19.2. The number of nitrogens with one attached hydrogen (secondary N) is 1. The molecule has 11 heteroatoms. The first kappa shape index (κ1) is 33.6. The number of rotatable bonds is 16. The van der Waals surface area contributed by atoms with Crippen LogP contribution in [0.15, 0.2) is 24.3 Å². The largest absolute Gasteiger partial charge is 0.444 e. The van der Waals surface area contributed by atoms with Crippen molar-refractivity contribution in [2.75, 3.05) is 38.7 Å². The predicted octanol–water partition coefficient (Wildman–Crippen LogP) is 6.72. The van der Waals surface area contributed by atoms with Crippen molar-refractivity contribution in [3.8, 4) is 11.5 Å². The van der Waals surface area contributed by atoms with Crippen LogP contribution in [0.1, 0.15) is 72.7 Å². The van der Waals surface area contributed by atoms with Crippen LogP contribution in [-0.2, 0) is 33.2 Å². The molecule has 1 N–H and O–H groups in total. The van der Waals surface area contributed by atoms with E-state index < -0.39 is 5.60 Å². The van der Waals surface area contributed by atoms with Crippen molar-refractivity contribution < 1.29 is 19.0 Å². The zero-order valence-corrected chi connectivity index (χ0v) is 27.3. The van der Waals surface area contributed by atoms with Gasteiger partial charge in [-0.2, -0.15) is 11.8 Å². The summed E-state index contributed by atoms with van der Waals surface area (Å²) in [7, 11) is 1.73. The Morgan fingerprint density at radius 1 is 1.05 bits per heavy atom. The predicted molar refractivity (Wildman–Crippen MR) is 171 cm³/mol. The summed E-state index contributed by atoms with van der Waals surface area (Å²) in [6.07, 6.45) is 1.53. The minimum Gasteiger partial charge on any atom is -0.444 e. The Bertz CT molecular complexity index is 1290. The molecule has 42 heavy (non-hydrogen) atoms. The van der Waals surface area contributed by atoms with Gasteiger partial charge in [0.1, 0.15) is 23.8 Å². The van der Waals surface area contributed by atoms with Crippen LogP contribution in [-0.4, -0.2) is 74.8 Å². The van der Waals surface area contributed by atoms with E-state index >= 15 is 0 Å². The molecule has 0 aliphatic carbocycles. The molecule has 0 radical (unpaired) electrons. The van der Waals surface area contributed by atoms with E-state index in [2.05, 4.69) is 37.6 Å². The Balaban J connectivity index is 1.94. The minimum absolute atomic E-state index is 0.350. The lowest BCUT2D eigenvalue weighted by molar-refractivity contribution is 0.0273. The van der Waals surface area contributed by atoms with Gasteiger partial charge in [0.25, 0.3) is 0 Å². The van der Waals surface area contributed by atoms with E-state index in [9.17, 15) is 4.79 Å². The molecule has 3 aromatic heterocycles. The zero-order chi connectivity index (χ0) is 30.7. The van der Waals surface area contributed by atoms with Crippen LogP contribution < -0.4 is 5.32 Å². The summed E-state index contributed by atoms with van der Waals surface area (Å²) in [4.78, 5) is 28.9. The zero-order valence-electron chi connectivity index (χ0n) is 26.5. The first-order valence-electron chi connectivity index (χ1n) is 14.8. The van der Waals surface area contributed by atoms with Gasteiger partial charge >= 0.3 is 6.09 Å². The molecule has 0 spiro atoms. The van der Waals surface area contributed by atoms with Gasteiger partial charge in [0.2, 0.25) is 0 Å². The minimum atomic E-state index is -0.572. The molecule has 0 aliphatic heterocycles. The normalized spacial score (nSPS) is 11.8. The molecule has 0 saturated carbocycles. The van der Waals surface area contributed by atoms with Crippen molar-refractivity contribution in [2.45, 2.75) is 91.2 Å². The molecule has 0 aliphatic rings. The Labute approximate surface area is 254 Å². The monoisotopic (exact) mass is 600 g/mol. The summed E-state index contributed by atoms with van der Waals surface area (Å²) in [6, 6.07) is 7.97. The van der Waals surface area contributed by atoms with Crippen molar-refractivity contribution >= 4 is 34.7 Å². The molecule has 0 unspecified atom stereocenters. The molecule has 3 heterocycles. The fourth-order valence-corrected chi connectivity index (χ4v) is 4.73. The quantitative estimate of drug-likeness (QED) is 0.179. The van der Waals surface area contributed by atoms with Crippen molar-refractivity contribution in [3.05, 3.63) is 35.7 Å². The number of nitrogens with zero attached hydrogens (tertiary/aromatic N) is 5. The van der Waals surface area contributed by atoms with E-state index in [1.807, 2.05) is 56.8 Å². The van der Waals surface area contributed by atoms with Crippen molar-refractivity contribution in [1.82, 2.24) is 24.4 Å². The molecular weight excluding hydrogens is 552 g/mol. The van der Waals surface area contributed by atoms with Gasteiger partial charge in [0, 0.05) is 44.3 Å². The highest BCUT2D eigenvalue weighted by atomic mass is 32.2. The van der Waals surface area contributed by atoms with Crippen molar-refractivity contribution in [3.63, 3.8) is 0 Å². The maximum atomic E-state index is 12.7. The smallest absolute Gasteiger partial charge is 0.410 e. The second-order valence-electron chi connectivity index (χ2n) is 11.5. The highest BCUT2D eigenvalue weighted by Gasteiger charge is 2.22. The lowest BCUT2D eigenvalue weighted by atomic mass is 10.2. The summed E-state index contributed by atoms with van der Waals surface area (Å²) in [5, 5.41) is 3.88. The van der Waals surface area contributed by atoms with E-state index in [1.54, 1.807) is 11.9 Å². The number of thioether (sulfide) groups is 1. The number of anilines is 1. The van der Waals surface area contributed by atoms with Gasteiger partial charge in [-0.05, 0) is 57.1 Å². The van der Waals surface area contributed by atoms with E-state index in [-0.39, 0.29) is 6.09 Å². The van der Waals surface area contributed by atoms with Crippen LogP contribution in [0.2, 0.25) is 0 Å². The van der Waals surface area contributed by atoms with Crippen LogP contribution in [0.5, 0.6) is 0 Å². The lowest BCUT2D eigenvalue weighted by Gasteiger charge is -2.25. The summed E-state index contributed by atoms with van der Waals surface area (Å²) >= 11 is 1.84. The third kappa shape index (κ3) is 10.4. The second kappa shape index (κ2) is 16.1. The molecule has 0 aromatic carbocycles. The average Bonchev–Trinajstić information content (AvgIpc) is 3.26. The van der Waals surface area contributed by atoms with Gasteiger partial charge in [-0.3, -0.25) is 0 Å². The number of carbonyl (C=O) groups is 1. The Morgan fingerprint density at radius 3 is 2.48 bits per heavy atom. The highest BCUT2D eigenvalue weighted by Crippen LogP contribution is 2.26. The standard InChI is InChI=1S/C31H48N6O4S/c1-9-14-39-16-13-32-28-17-23(20-42-22(3)4)33-29(35-28)25-11-12-27-26(34-25)18-24(37(27)21-40-15-10-2)19-36(8)30(38)41-31(5,6)7/h11-12,17-18,22H,9-10,13-16,19-21H2,1-8H3,(H,32,33,35). The number of pyridine rings is 1. The lowest BCUT2D eigenvalue weighted by Crippen LogP contribution is -2.34. The van der Waals surface area contributed by atoms with Crippen LogP contribution in [0.3, 0.4) is 0 Å². The van der Waals surface area contributed by atoms with Crippen molar-refractivity contribution in [2.24, 2.45) is 0 Å². The van der Waals surface area contributed by atoms with Gasteiger partial charge in [0.05, 0.1) is 29.9 Å². The molecule has 232 valence electrons. The topological polar surface area (TPSA) is 104 Å². The number of ether oxygens (including phenoxy) is 3. The SMILES string of the molecule is CCCOCCNc1cc(CSC(C)C)nc(-c2ccc3c(cc(CN(C)C(=O)OC(C)(C)C)n3COCCC)n2)n1. The van der Waals surface area contributed by atoms with Gasteiger partial charge in [0.15, 0.2) is 5.82 Å². The van der Waals surface area contributed by atoms with Gasteiger partial charge in [-0.1, -0.05) is 27.7 Å². The molecule has 10 nitrogen and oxygen atoms in total. The van der Waals surface area contributed by atoms with Crippen LogP contribution in [0.4, 0.5) is 10.6 Å². The molecule has 1 amide bonds. The van der Waals surface area contributed by atoms with Crippen molar-refractivity contribution in [1.29, 1.82) is 0 Å². The van der Waals surface area contributed by atoms with Crippen LogP contribution in [0.25, 0.3) is 22.6 Å². The van der Waals surface area contributed by atoms with Gasteiger partial charge in [-0.15, -0.1) is 0 Å². The maximum Gasteiger partial charge on any atom is 0.410 e. The number of aromatic nitrogens is 4. The van der Waals surface area contributed by atoms with Gasteiger partial charge in [-0.25, -0.2) is 19.7 Å². The van der Waals surface area contributed by atoms with E-state index in [1.165, 1.54) is 0 Å². The number of fused-ring (bicyclic) bond motifs is 1. The van der Waals surface area contributed by atoms with Gasteiger partial charge < -0.3 is 29.0 Å². The summed E-state index contributed by atoms with van der Waals surface area (Å²) in [6.45, 7) is 17.5. The Kier molecular flexibility index (Phi) is 12.9. The molecular formula is C31H48N6O4S. The van der Waals surface area contributed by atoms with E-state index in [0.717, 1.165) is 53.4 Å². The summed E-state index contributed by atoms with van der Waals surface area (Å²) in [5.74, 6) is 2.10. The Morgan fingerprint density at radius 2 is 1.79 bits per heavy atom. The molecule has 0 saturated heterocycles. The average molecular weight is 601 g/mol. The molecule has 3 rings (SSSR count). The fourth-order valence-electron chi connectivity index (χ4n) is 4.07. The van der Waals surface area contributed by atoms with Crippen LogP contribution in [0, 0.1) is 0 Å². The molecule has 3 aromatic rings. The van der Waals surface area contributed by atoms with Crippen LogP contribution >= 0.6 is 11.8 Å². The molecule has 0 bridgehead atoms. The highest BCUT2D eigenvalue weighted by molar-refractivity contribution is 7.99. The van der Waals surface area contributed by atoms with E-state index in [4.69, 9.17) is 29.2 Å². The third-order valence-corrected chi connectivity index (χ3v) is 7.12. The number of hydrogen-bond acceptors (Lipinski definition) is 9. The summed E-state index contributed by atoms with van der Waals surface area (Å²) in [5.41, 5.74) is 3.66. The first-order valence-corrected chi connectivity index (χ1v) is 15.9. The third-order valence-electron chi connectivity index (χ3n) is 5.99. The Hall–Kier alpha value is -2.89. The van der Waals surface area contributed by atoms with E-state index in [0.29, 0.717) is 49.8 Å². The number of carbonyl (C=O) groups excluding carboxylic acids is 1. The molecule has 0 atom stereocenters. The number of amides is 1. The molecule has 0 fully saturated rings. The maximum absolute atomic E-state index is 12.7. The second-order valence-corrected chi connectivity index (χ2v) is 13.1. The number of hydrogen-bond donors (Lipinski definition) is 1.